The van der Waals surface area contributed by atoms with Crippen LogP contribution < -0.4 is 5.32 Å². The fourth-order valence-electron chi connectivity index (χ4n) is 2.56. The van der Waals surface area contributed by atoms with Gasteiger partial charge in [-0.3, -0.25) is 4.98 Å². The fraction of sp³-hybridized carbons (Fsp3) is 0.615. The van der Waals surface area contributed by atoms with Crippen LogP contribution in [0.2, 0.25) is 0 Å². The number of piperidine rings is 1. The van der Waals surface area contributed by atoms with E-state index in [1.807, 2.05) is 12.3 Å². The van der Waals surface area contributed by atoms with Crippen molar-refractivity contribution < 1.29 is 4.74 Å². The maximum absolute atomic E-state index is 5.29. The maximum atomic E-state index is 5.29. The Balaban J connectivity index is 2.07. The Morgan fingerprint density at radius 2 is 2.44 bits per heavy atom. The van der Waals surface area contributed by atoms with Gasteiger partial charge in [-0.2, -0.15) is 0 Å². The van der Waals surface area contributed by atoms with Crippen molar-refractivity contribution in [1.29, 1.82) is 0 Å². The molecule has 0 saturated carbocycles. The van der Waals surface area contributed by atoms with E-state index in [4.69, 9.17) is 4.74 Å². The highest BCUT2D eigenvalue weighted by atomic mass is 16.5. The van der Waals surface area contributed by atoms with Crippen LogP contribution in [0.4, 0.5) is 0 Å². The number of methoxy groups -OCH3 is 1. The van der Waals surface area contributed by atoms with E-state index >= 15 is 0 Å². The van der Waals surface area contributed by atoms with Gasteiger partial charge in [0.1, 0.15) is 0 Å². The van der Waals surface area contributed by atoms with E-state index in [1.54, 1.807) is 7.11 Å². The lowest BCUT2D eigenvalue weighted by Crippen LogP contribution is -2.51. The average molecular weight is 220 g/mol. The third-order valence-electron chi connectivity index (χ3n) is 3.31. The van der Waals surface area contributed by atoms with E-state index in [-0.39, 0.29) is 5.54 Å². The van der Waals surface area contributed by atoms with E-state index in [9.17, 15) is 0 Å². The van der Waals surface area contributed by atoms with E-state index in [0.29, 0.717) is 5.92 Å². The van der Waals surface area contributed by atoms with Crippen molar-refractivity contribution in [2.24, 2.45) is 0 Å². The highest BCUT2D eigenvalue weighted by Crippen LogP contribution is 2.31. The van der Waals surface area contributed by atoms with Gasteiger partial charge in [0.2, 0.25) is 0 Å². The molecule has 1 aromatic heterocycles. The molecule has 1 aromatic rings. The summed E-state index contributed by atoms with van der Waals surface area (Å²) in [6.45, 7) is 4.03. The molecule has 1 saturated heterocycles. The molecule has 1 N–H and O–H groups in total. The fourth-order valence-corrected chi connectivity index (χ4v) is 2.56. The summed E-state index contributed by atoms with van der Waals surface area (Å²) in [4.78, 5) is 4.46. The zero-order valence-electron chi connectivity index (χ0n) is 10.1. The van der Waals surface area contributed by atoms with Crippen molar-refractivity contribution in [2.75, 3.05) is 20.3 Å². The molecule has 3 nitrogen and oxygen atoms in total. The van der Waals surface area contributed by atoms with E-state index in [1.165, 1.54) is 5.69 Å². The van der Waals surface area contributed by atoms with Crippen molar-refractivity contribution in [3.63, 3.8) is 0 Å². The Morgan fingerprint density at radius 3 is 3.12 bits per heavy atom. The Hall–Kier alpha value is -0.930. The lowest BCUT2D eigenvalue weighted by atomic mass is 9.82. The van der Waals surface area contributed by atoms with Gasteiger partial charge >= 0.3 is 0 Å². The Kier molecular flexibility index (Phi) is 3.56. The molecule has 0 radical (unpaired) electrons. The Morgan fingerprint density at radius 1 is 1.56 bits per heavy atom. The van der Waals surface area contributed by atoms with Gasteiger partial charge in [-0.25, -0.2) is 0 Å². The SMILES string of the molecule is COCC1(C)CC(c2ccccn2)CCN1. The first kappa shape index (κ1) is 11.6. The molecule has 3 heteroatoms. The van der Waals surface area contributed by atoms with Crippen molar-refractivity contribution in [2.45, 2.75) is 31.2 Å². The van der Waals surface area contributed by atoms with Crippen molar-refractivity contribution in [3.05, 3.63) is 30.1 Å². The van der Waals surface area contributed by atoms with Crippen LogP contribution in [-0.2, 0) is 4.74 Å². The minimum atomic E-state index is 0.0924. The predicted octanol–water partition coefficient (Wildman–Crippen LogP) is 1.95. The molecule has 88 valence electrons. The minimum absolute atomic E-state index is 0.0924. The maximum Gasteiger partial charge on any atom is 0.0642 e. The second-order valence-electron chi connectivity index (χ2n) is 4.86. The molecule has 0 spiro atoms. The van der Waals surface area contributed by atoms with Crippen LogP contribution in [0.3, 0.4) is 0 Å². The van der Waals surface area contributed by atoms with Crippen molar-refractivity contribution >= 4 is 0 Å². The molecule has 0 amide bonds. The Labute approximate surface area is 97.2 Å². The molecule has 2 atom stereocenters. The van der Waals surface area contributed by atoms with Crippen molar-refractivity contribution in [1.82, 2.24) is 10.3 Å². The van der Waals surface area contributed by atoms with Crippen LogP contribution in [-0.4, -0.2) is 30.8 Å². The molecular weight excluding hydrogens is 200 g/mol. The summed E-state index contributed by atoms with van der Waals surface area (Å²) in [6.07, 6.45) is 4.14. The summed E-state index contributed by atoms with van der Waals surface area (Å²) in [7, 11) is 1.76. The predicted molar refractivity (Wildman–Crippen MR) is 64.5 cm³/mol. The van der Waals surface area contributed by atoms with Gasteiger partial charge in [0.15, 0.2) is 0 Å². The van der Waals surface area contributed by atoms with Gasteiger partial charge in [0, 0.05) is 30.5 Å². The van der Waals surface area contributed by atoms with Crippen LogP contribution in [0.25, 0.3) is 0 Å². The normalized spacial score (nSPS) is 30.2. The number of hydrogen-bond acceptors (Lipinski definition) is 3. The summed E-state index contributed by atoms with van der Waals surface area (Å²) >= 11 is 0. The molecule has 0 aromatic carbocycles. The molecular formula is C13H20N2O. The monoisotopic (exact) mass is 220 g/mol. The van der Waals surface area contributed by atoms with E-state index < -0.39 is 0 Å². The first-order chi connectivity index (χ1) is 7.73. The summed E-state index contributed by atoms with van der Waals surface area (Å²) in [5, 5.41) is 3.54. The molecule has 0 aliphatic carbocycles. The third-order valence-corrected chi connectivity index (χ3v) is 3.31. The average Bonchev–Trinajstić information content (AvgIpc) is 2.30. The first-order valence-electron chi connectivity index (χ1n) is 5.88. The zero-order valence-corrected chi connectivity index (χ0v) is 10.1. The smallest absolute Gasteiger partial charge is 0.0642 e. The number of nitrogens with zero attached hydrogens (tertiary/aromatic N) is 1. The second-order valence-corrected chi connectivity index (χ2v) is 4.86. The van der Waals surface area contributed by atoms with Crippen LogP contribution in [0, 0.1) is 0 Å². The molecule has 1 fully saturated rings. The number of aromatic nitrogens is 1. The standard InChI is InChI=1S/C13H20N2O/c1-13(10-16-2)9-11(6-8-15-13)12-5-3-4-7-14-12/h3-5,7,11,15H,6,8-10H2,1-2H3. The first-order valence-corrected chi connectivity index (χ1v) is 5.88. The van der Waals surface area contributed by atoms with Crippen LogP contribution >= 0.6 is 0 Å². The number of rotatable bonds is 3. The summed E-state index contributed by atoms with van der Waals surface area (Å²) in [5.74, 6) is 0.558. The lowest BCUT2D eigenvalue weighted by molar-refractivity contribution is 0.0941. The molecule has 2 heterocycles. The Bertz CT molecular complexity index is 324. The molecule has 0 bridgehead atoms. The van der Waals surface area contributed by atoms with Gasteiger partial charge in [-0.05, 0) is 38.4 Å². The summed E-state index contributed by atoms with van der Waals surface area (Å²) < 4.78 is 5.29. The number of nitrogens with one attached hydrogen (secondary N) is 1. The topological polar surface area (TPSA) is 34.1 Å². The number of ether oxygens (including phenoxy) is 1. The van der Waals surface area contributed by atoms with E-state index in [2.05, 4.69) is 29.4 Å². The minimum Gasteiger partial charge on any atom is -0.383 e. The summed E-state index contributed by atoms with van der Waals surface area (Å²) in [6, 6.07) is 6.17. The zero-order chi connectivity index (χ0) is 11.4. The van der Waals surface area contributed by atoms with Crippen LogP contribution in [0.1, 0.15) is 31.4 Å². The highest BCUT2D eigenvalue weighted by Gasteiger charge is 2.32. The second kappa shape index (κ2) is 4.93. The lowest BCUT2D eigenvalue weighted by Gasteiger charge is -2.38. The summed E-state index contributed by atoms with van der Waals surface area (Å²) in [5.41, 5.74) is 1.31. The largest absolute Gasteiger partial charge is 0.383 e. The molecule has 1 aliphatic rings. The van der Waals surface area contributed by atoms with Gasteiger partial charge in [-0.15, -0.1) is 0 Å². The quantitative estimate of drug-likeness (QED) is 0.845. The molecule has 16 heavy (non-hydrogen) atoms. The molecule has 2 unspecified atom stereocenters. The van der Waals surface area contributed by atoms with Gasteiger partial charge in [0.05, 0.1) is 6.61 Å². The molecule has 1 aliphatic heterocycles. The van der Waals surface area contributed by atoms with E-state index in [0.717, 1.165) is 26.0 Å². The number of hydrogen-bond donors (Lipinski definition) is 1. The number of pyridine rings is 1. The molecule has 2 rings (SSSR count). The highest BCUT2D eigenvalue weighted by molar-refractivity contribution is 5.12. The third kappa shape index (κ3) is 2.60. The van der Waals surface area contributed by atoms with Crippen LogP contribution in [0.5, 0.6) is 0 Å². The van der Waals surface area contributed by atoms with Gasteiger partial charge in [-0.1, -0.05) is 6.07 Å². The van der Waals surface area contributed by atoms with Gasteiger partial charge < -0.3 is 10.1 Å². The van der Waals surface area contributed by atoms with Gasteiger partial charge in [0.25, 0.3) is 0 Å². The van der Waals surface area contributed by atoms with Crippen molar-refractivity contribution in [3.8, 4) is 0 Å². The van der Waals surface area contributed by atoms with Crippen LogP contribution in [0.15, 0.2) is 24.4 Å².